The van der Waals surface area contributed by atoms with Crippen LogP contribution in [0.15, 0.2) is 22.7 Å². The van der Waals surface area contributed by atoms with Crippen LogP contribution in [0.3, 0.4) is 0 Å². The molecular formula is C13H15BrN2O2. The van der Waals surface area contributed by atoms with E-state index in [4.69, 9.17) is 0 Å². The molecule has 1 saturated heterocycles. The fourth-order valence-corrected chi connectivity index (χ4v) is 2.55. The summed E-state index contributed by atoms with van der Waals surface area (Å²) < 4.78 is 0.809. The van der Waals surface area contributed by atoms with Crippen LogP contribution in [0.4, 0.5) is 5.69 Å². The zero-order valence-corrected chi connectivity index (χ0v) is 11.8. The van der Waals surface area contributed by atoms with Crippen LogP contribution in [0.1, 0.15) is 17.3 Å². The maximum atomic E-state index is 11.2. The maximum absolute atomic E-state index is 11.2. The lowest BCUT2D eigenvalue weighted by molar-refractivity contribution is -0.129. The van der Waals surface area contributed by atoms with Gasteiger partial charge in [0, 0.05) is 48.8 Å². The van der Waals surface area contributed by atoms with Crippen molar-refractivity contribution in [3.05, 3.63) is 28.2 Å². The fraction of sp³-hybridized carbons (Fsp3) is 0.385. The molecule has 5 heteroatoms. The Hall–Kier alpha value is -1.36. The number of nitrogens with zero attached hydrogens (tertiary/aromatic N) is 2. The Labute approximate surface area is 115 Å². The summed E-state index contributed by atoms with van der Waals surface area (Å²) in [5, 5.41) is 0. The number of benzene rings is 1. The van der Waals surface area contributed by atoms with Crippen molar-refractivity contribution >= 4 is 33.8 Å². The van der Waals surface area contributed by atoms with E-state index in [0.29, 0.717) is 5.56 Å². The van der Waals surface area contributed by atoms with Gasteiger partial charge < -0.3 is 9.80 Å². The van der Waals surface area contributed by atoms with Crippen molar-refractivity contribution < 1.29 is 9.59 Å². The molecular weight excluding hydrogens is 296 g/mol. The molecule has 96 valence electrons. The van der Waals surface area contributed by atoms with Crippen LogP contribution in [0, 0.1) is 0 Å². The first kappa shape index (κ1) is 13.1. The van der Waals surface area contributed by atoms with Gasteiger partial charge in [0.1, 0.15) is 0 Å². The molecule has 1 aromatic rings. The van der Waals surface area contributed by atoms with E-state index in [1.165, 1.54) is 0 Å². The predicted octanol–water partition coefficient (Wildman–Crippen LogP) is 1.93. The summed E-state index contributed by atoms with van der Waals surface area (Å²) in [6, 6.07) is 5.70. The van der Waals surface area contributed by atoms with Crippen LogP contribution in [-0.4, -0.2) is 43.3 Å². The first-order chi connectivity index (χ1) is 8.61. The summed E-state index contributed by atoms with van der Waals surface area (Å²) in [5.41, 5.74) is 1.73. The number of hydrogen-bond acceptors (Lipinski definition) is 3. The SMILES string of the molecule is CC(=O)N1CCN(c2ccc(C=O)c(Br)c2)CC1. The molecule has 1 aromatic carbocycles. The summed E-state index contributed by atoms with van der Waals surface area (Å²) in [7, 11) is 0. The average molecular weight is 311 g/mol. The van der Waals surface area contributed by atoms with Gasteiger partial charge in [-0.2, -0.15) is 0 Å². The van der Waals surface area contributed by atoms with Crippen LogP contribution in [0.25, 0.3) is 0 Å². The van der Waals surface area contributed by atoms with Crippen LogP contribution < -0.4 is 4.90 Å². The van der Waals surface area contributed by atoms with Gasteiger partial charge >= 0.3 is 0 Å². The number of carbonyl (C=O) groups is 2. The molecule has 1 heterocycles. The molecule has 1 amide bonds. The van der Waals surface area contributed by atoms with E-state index in [0.717, 1.165) is 42.6 Å². The molecule has 1 fully saturated rings. The van der Waals surface area contributed by atoms with Crippen molar-refractivity contribution in [1.29, 1.82) is 0 Å². The first-order valence-corrected chi connectivity index (χ1v) is 6.66. The number of rotatable bonds is 2. The van der Waals surface area contributed by atoms with E-state index in [9.17, 15) is 9.59 Å². The number of carbonyl (C=O) groups excluding carboxylic acids is 2. The minimum absolute atomic E-state index is 0.132. The molecule has 1 aliphatic rings. The molecule has 2 rings (SSSR count). The Bertz CT molecular complexity index is 468. The predicted molar refractivity (Wildman–Crippen MR) is 74.0 cm³/mol. The molecule has 0 saturated carbocycles. The van der Waals surface area contributed by atoms with Crippen LogP contribution in [0.2, 0.25) is 0 Å². The second kappa shape index (κ2) is 5.52. The standard InChI is InChI=1S/C13H15BrN2O2/c1-10(18)15-4-6-16(7-5-15)12-3-2-11(9-17)13(14)8-12/h2-3,8-9H,4-7H2,1H3. The van der Waals surface area contributed by atoms with Gasteiger partial charge in [-0.1, -0.05) is 0 Å². The third kappa shape index (κ3) is 2.72. The maximum Gasteiger partial charge on any atom is 0.219 e. The number of piperazine rings is 1. The van der Waals surface area contributed by atoms with Crippen molar-refractivity contribution in [2.45, 2.75) is 6.92 Å². The smallest absolute Gasteiger partial charge is 0.219 e. The Morgan fingerprint density at radius 1 is 1.28 bits per heavy atom. The van der Waals surface area contributed by atoms with Crippen LogP contribution in [-0.2, 0) is 4.79 Å². The molecule has 0 aliphatic carbocycles. The van der Waals surface area contributed by atoms with E-state index >= 15 is 0 Å². The zero-order chi connectivity index (χ0) is 13.1. The van der Waals surface area contributed by atoms with Crippen molar-refractivity contribution in [2.24, 2.45) is 0 Å². The number of hydrogen-bond donors (Lipinski definition) is 0. The van der Waals surface area contributed by atoms with Crippen molar-refractivity contribution in [3.63, 3.8) is 0 Å². The molecule has 0 N–H and O–H groups in total. The molecule has 0 spiro atoms. The summed E-state index contributed by atoms with van der Waals surface area (Å²) in [6.07, 6.45) is 0.835. The number of aldehydes is 1. The molecule has 4 nitrogen and oxygen atoms in total. The topological polar surface area (TPSA) is 40.6 Å². The van der Waals surface area contributed by atoms with E-state index in [-0.39, 0.29) is 5.91 Å². The van der Waals surface area contributed by atoms with Gasteiger partial charge in [0.15, 0.2) is 6.29 Å². The monoisotopic (exact) mass is 310 g/mol. The number of halogens is 1. The minimum Gasteiger partial charge on any atom is -0.368 e. The Balaban J connectivity index is 2.08. The highest BCUT2D eigenvalue weighted by atomic mass is 79.9. The highest BCUT2D eigenvalue weighted by Gasteiger charge is 2.19. The van der Waals surface area contributed by atoms with E-state index < -0.39 is 0 Å². The Kier molecular flexibility index (Phi) is 4.01. The second-order valence-electron chi connectivity index (χ2n) is 4.32. The quantitative estimate of drug-likeness (QED) is 0.784. The lowest BCUT2D eigenvalue weighted by atomic mass is 10.2. The molecule has 0 radical (unpaired) electrons. The van der Waals surface area contributed by atoms with Gasteiger partial charge in [-0.25, -0.2) is 0 Å². The fourth-order valence-electron chi connectivity index (χ4n) is 2.09. The van der Waals surface area contributed by atoms with Gasteiger partial charge in [0.25, 0.3) is 0 Å². The molecule has 0 unspecified atom stereocenters. The number of amides is 1. The van der Waals surface area contributed by atoms with Crippen molar-refractivity contribution in [1.82, 2.24) is 4.90 Å². The van der Waals surface area contributed by atoms with Gasteiger partial charge in [-0.05, 0) is 34.1 Å². The van der Waals surface area contributed by atoms with Gasteiger partial charge in [-0.3, -0.25) is 9.59 Å². The number of anilines is 1. The molecule has 18 heavy (non-hydrogen) atoms. The molecule has 0 bridgehead atoms. The zero-order valence-electron chi connectivity index (χ0n) is 10.2. The molecule has 1 aliphatic heterocycles. The first-order valence-electron chi connectivity index (χ1n) is 5.87. The van der Waals surface area contributed by atoms with Crippen molar-refractivity contribution in [3.8, 4) is 0 Å². The minimum atomic E-state index is 0.132. The van der Waals surface area contributed by atoms with Gasteiger partial charge in [0.05, 0.1) is 0 Å². The summed E-state index contributed by atoms with van der Waals surface area (Å²) in [4.78, 5) is 26.1. The molecule has 0 atom stereocenters. The average Bonchev–Trinajstić information content (AvgIpc) is 2.38. The van der Waals surface area contributed by atoms with Crippen LogP contribution in [0.5, 0.6) is 0 Å². The molecule has 0 aromatic heterocycles. The normalized spacial score (nSPS) is 15.7. The van der Waals surface area contributed by atoms with Gasteiger partial charge in [0.2, 0.25) is 5.91 Å². The highest BCUT2D eigenvalue weighted by Crippen LogP contribution is 2.24. The lowest BCUT2D eigenvalue weighted by Crippen LogP contribution is -2.48. The van der Waals surface area contributed by atoms with E-state index in [1.807, 2.05) is 23.1 Å². The van der Waals surface area contributed by atoms with Crippen molar-refractivity contribution in [2.75, 3.05) is 31.1 Å². The highest BCUT2D eigenvalue weighted by molar-refractivity contribution is 9.10. The van der Waals surface area contributed by atoms with Gasteiger partial charge in [-0.15, -0.1) is 0 Å². The second-order valence-corrected chi connectivity index (χ2v) is 5.17. The summed E-state index contributed by atoms with van der Waals surface area (Å²) in [6.45, 7) is 4.76. The summed E-state index contributed by atoms with van der Waals surface area (Å²) >= 11 is 3.39. The third-order valence-corrected chi connectivity index (χ3v) is 3.89. The third-order valence-electron chi connectivity index (χ3n) is 3.20. The Morgan fingerprint density at radius 2 is 1.94 bits per heavy atom. The largest absolute Gasteiger partial charge is 0.368 e. The van der Waals surface area contributed by atoms with Crippen LogP contribution >= 0.6 is 15.9 Å². The summed E-state index contributed by atoms with van der Waals surface area (Å²) in [5.74, 6) is 0.132. The Morgan fingerprint density at radius 3 is 2.44 bits per heavy atom. The van der Waals surface area contributed by atoms with E-state index in [2.05, 4.69) is 20.8 Å². The lowest BCUT2D eigenvalue weighted by Gasteiger charge is -2.35. The van der Waals surface area contributed by atoms with E-state index in [1.54, 1.807) is 6.92 Å².